The fourth-order valence-electron chi connectivity index (χ4n) is 2.48. The normalized spacial score (nSPS) is 10.7. The summed E-state index contributed by atoms with van der Waals surface area (Å²) in [4.78, 5) is 11.1. The van der Waals surface area contributed by atoms with Crippen LogP contribution in [0.1, 0.15) is 23.6 Å². The largest absolute Gasteiger partial charge is 0.489 e. The van der Waals surface area contributed by atoms with E-state index in [9.17, 15) is 4.79 Å². The van der Waals surface area contributed by atoms with Crippen molar-refractivity contribution < 1.29 is 14.3 Å². The van der Waals surface area contributed by atoms with Gasteiger partial charge in [0.2, 0.25) is 0 Å². The summed E-state index contributed by atoms with van der Waals surface area (Å²) in [5.41, 5.74) is 3.67. The average molecular weight is 326 g/mol. The van der Waals surface area contributed by atoms with Gasteiger partial charge in [-0.3, -0.25) is 4.79 Å². The summed E-state index contributed by atoms with van der Waals surface area (Å²) in [6.07, 6.45) is 0. The highest BCUT2D eigenvalue weighted by Gasteiger charge is 2.09. The van der Waals surface area contributed by atoms with Crippen molar-refractivity contribution >= 4 is 27.4 Å². The molecule has 3 nitrogen and oxygen atoms in total. The van der Waals surface area contributed by atoms with Crippen molar-refractivity contribution in [3.05, 3.63) is 58.5 Å². The Hall–Kier alpha value is -2.33. The molecule has 1 heterocycles. The van der Waals surface area contributed by atoms with Crippen LogP contribution in [-0.2, 0) is 11.4 Å². The molecule has 0 saturated carbocycles. The summed E-state index contributed by atoms with van der Waals surface area (Å²) in [6, 6.07) is 12.2. The monoisotopic (exact) mass is 326 g/mol. The van der Waals surface area contributed by atoms with Gasteiger partial charge in [-0.1, -0.05) is 23.8 Å². The fraction of sp³-hybridized carbons (Fsp3) is 0.211. The van der Waals surface area contributed by atoms with E-state index in [0.29, 0.717) is 12.4 Å². The number of benzene rings is 2. The Labute approximate surface area is 139 Å². The number of hydrogen-bond donors (Lipinski definition) is 0. The number of thiophene rings is 1. The van der Waals surface area contributed by atoms with Crippen LogP contribution < -0.4 is 9.47 Å². The predicted octanol–water partition coefficient (Wildman–Crippen LogP) is 5.02. The van der Waals surface area contributed by atoms with E-state index in [0.717, 1.165) is 15.8 Å². The molecule has 0 aliphatic carbocycles. The lowest BCUT2D eigenvalue weighted by molar-refractivity contribution is -0.131. The molecule has 118 valence electrons. The lowest BCUT2D eigenvalue weighted by atomic mass is 10.1. The summed E-state index contributed by atoms with van der Waals surface area (Å²) >= 11 is 1.54. The van der Waals surface area contributed by atoms with Crippen LogP contribution in [0.5, 0.6) is 11.5 Å². The van der Waals surface area contributed by atoms with E-state index in [2.05, 4.69) is 32.0 Å². The minimum Gasteiger partial charge on any atom is -0.489 e. The number of fused-ring (bicyclic) bond motifs is 1. The molecule has 0 atom stereocenters. The van der Waals surface area contributed by atoms with Crippen LogP contribution in [0.3, 0.4) is 0 Å². The van der Waals surface area contributed by atoms with Gasteiger partial charge in [0.1, 0.15) is 18.1 Å². The molecule has 3 rings (SSSR count). The number of ether oxygens (including phenoxy) is 2. The van der Waals surface area contributed by atoms with E-state index in [1.165, 1.54) is 35.0 Å². The molecule has 0 saturated heterocycles. The molecule has 23 heavy (non-hydrogen) atoms. The van der Waals surface area contributed by atoms with Gasteiger partial charge in [-0.2, -0.15) is 0 Å². The molecule has 2 aromatic carbocycles. The smallest absolute Gasteiger partial charge is 0.308 e. The quantitative estimate of drug-likeness (QED) is 0.631. The average Bonchev–Trinajstić information content (AvgIpc) is 2.88. The Balaban J connectivity index is 1.77. The number of hydrogen-bond acceptors (Lipinski definition) is 4. The van der Waals surface area contributed by atoms with E-state index in [1.54, 1.807) is 0 Å². The highest BCUT2D eigenvalue weighted by atomic mass is 32.1. The third-order valence-corrected chi connectivity index (χ3v) is 4.58. The molecule has 3 aromatic rings. The summed E-state index contributed by atoms with van der Waals surface area (Å²) in [7, 11) is 0. The first-order chi connectivity index (χ1) is 11.0. The molecule has 4 heteroatoms. The Morgan fingerprint density at radius 2 is 1.96 bits per heavy atom. The van der Waals surface area contributed by atoms with Crippen molar-refractivity contribution in [3.63, 3.8) is 0 Å². The highest BCUT2D eigenvalue weighted by molar-refractivity contribution is 7.17. The molecule has 0 fully saturated rings. The van der Waals surface area contributed by atoms with Crippen molar-refractivity contribution in [3.8, 4) is 11.5 Å². The SMILES string of the molecule is CC(=O)Oc1csc2cc(OCc3ccc(C)cc3C)ccc12. The minimum atomic E-state index is -0.306. The van der Waals surface area contributed by atoms with Gasteiger partial charge in [0, 0.05) is 22.4 Å². The first kappa shape index (κ1) is 15.6. The molecule has 0 amide bonds. The zero-order valence-electron chi connectivity index (χ0n) is 13.4. The second-order valence-electron chi connectivity index (χ2n) is 5.57. The van der Waals surface area contributed by atoms with Gasteiger partial charge in [0.15, 0.2) is 0 Å². The van der Waals surface area contributed by atoms with E-state index >= 15 is 0 Å². The maximum Gasteiger partial charge on any atom is 0.308 e. The molecular weight excluding hydrogens is 308 g/mol. The molecule has 0 unspecified atom stereocenters. The van der Waals surface area contributed by atoms with Gasteiger partial charge in [-0.15, -0.1) is 11.3 Å². The molecule has 0 bridgehead atoms. The van der Waals surface area contributed by atoms with Crippen LogP contribution in [0, 0.1) is 13.8 Å². The second-order valence-corrected chi connectivity index (χ2v) is 6.48. The van der Waals surface area contributed by atoms with E-state index in [4.69, 9.17) is 9.47 Å². The summed E-state index contributed by atoms with van der Waals surface area (Å²) < 4.78 is 12.1. The third-order valence-electron chi connectivity index (χ3n) is 3.66. The lowest BCUT2D eigenvalue weighted by Crippen LogP contribution is -2.00. The maximum atomic E-state index is 11.1. The van der Waals surface area contributed by atoms with Crippen LogP contribution in [0.15, 0.2) is 41.8 Å². The highest BCUT2D eigenvalue weighted by Crippen LogP contribution is 2.35. The first-order valence-electron chi connectivity index (χ1n) is 7.41. The predicted molar refractivity (Wildman–Crippen MR) is 93.4 cm³/mol. The third kappa shape index (κ3) is 3.54. The number of carbonyl (C=O) groups is 1. The Bertz CT molecular complexity index is 864. The van der Waals surface area contributed by atoms with Crippen molar-refractivity contribution in [1.29, 1.82) is 0 Å². The second kappa shape index (κ2) is 6.42. The molecule has 1 aromatic heterocycles. The minimum absolute atomic E-state index is 0.306. The Morgan fingerprint density at radius 1 is 1.13 bits per heavy atom. The fourth-order valence-corrected chi connectivity index (χ4v) is 3.37. The van der Waals surface area contributed by atoms with Crippen LogP contribution in [0.2, 0.25) is 0 Å². The number of esters is 1. The van der Waals surface area contributed by atoms with Crippen molar-refractivity contribution in [2.24, 2.45) is 0 Å². The summed E-state index contributed by atoms with van der Waals surface area (Å²) in [6.45, 7) is 6.13. The first-order valence-corrected chi connectivity index (χ1v) is 8.29. The molecule has 0 spiro atoms. The van der Waals surface area contributed by atoms with Crippen molar-refractivity contribution in [1.82, 2.24) is 0 Å². The molecule has 0 aliphatic heterocycles. The van der Waals surface area contributed by atoms with Gasteiger partial charge in [-0.25, -0.2) is 0 Å². The molecular formula is C19H18O3S. The van der Waals surface area contributed by atoms with E-state index in [-0.39, 0.29) is 5.97 Å². The number of carbonyl (C=O) groups excluding carboxylic acids is 1. The van der Waals surface area contributed by atoms with Crippen LogP contribution in [-0.4, -0.2) is 5.97 Å². The van der Waals surface area contributed by atoms with Crippen LogP contribution in [0.4, 0.5) is 0 Å². The molecule has 0 radical (unpaired) electrons. The number of rotatable bonds is 4. The van der Waals surface area contributed by atoms with Crippen molar-refractivity contribution in [2.45, 2.75) is 27.4 Å². The Kier molecular flexibility index (Phi) is 4.35. The van der Waals surface area contributed by atoms with Gasteiger partial charge >= 0.3 is 5.97 Å². The zero-order chi connectivity index (χ0) is 16.4. The van der Waals surface area contributed by atoms with Crippen LogP contribution in [0.25, 0.3) is 10.1 Å². The maximum absolute atomic E-state index is 11.1. The summed E-state index contributed by atoms with van der Waals surface area (Å²) in [5, 5.41) is 2.78. The molecule has 0 aliphatic rings. The van der Waals surface area contributed by atoms with Gasteiger partial charge in [-0.05, 0) is 43.2 Å². The standard InChI is InChI=1S/C19H18O3S/c1-12-4-5-15(13(2)8-12)10-21-16-6-7-17-18(22-14(3)20)11-23-19(17)9-16/h4-9,11H,10H2,1-3H3. The van der Waals surface area contributed by atoms with Crippen molar-refractivity contribution in [2.75, 3.05) is 0 Å². The zero-order valence-corrected chi connectivity index (χ0v) is 14.2. The van der Waals surface area contributed by atoms with Crippen LogP contribution >= 0.6 is 11.3 Å². The van der Waals surface area contributed by atoms with E-state index in [1.807, 2.05) is 23.6 Å². The van der Waals surface area contributed by atoms with Gasteiger partial charge in [0.05, 0.1) is 0 Å². The van der Waals surface area contributed by atoms with Gasteiger partial charge < -0.3 is 9.47 Å². The topological polar surface area (TPSA) is 35.5 Å². The lowest BCUT2D eigenvalue weighted by Gasteiger charge is -2.09. The molecule has 0 N–H and O–H groups in total. The van der Waals surface area contributed by atoms with E-state index < -0.39 is 0 Å². The Morgan fingerprint density at radius 3 is 2.70 bits per heavy atom. The number of aryl methyl sites for hydroxylation is 2. The van der Waals surface area contributed by atoms with Gasteiger partial charge in [0.25, 0.3) is 0 Å². The summed E-state index contributed by atoms with van der Waals surface area (Å²) in [5.74, 6) is 1.12.